The molecule has 0 bridgehead atoms. The maximum Gasteiger partial charge on any atom is 0.0805 e. The molecule has 3 rings (SSSR count). The minimum Gasteiger partial charge on any atom is -0.386 e. The molecule has 0 heterocycles. The zero-order chi connectivity index (χ0) is 16.0. The van der Waals surface area contributed by atoms with Crippen LogP contribution in [0, 0.1) is 29.1 Å². The van der Waals surface area contributed by atoms with E-state index in [9.17, 15) is 5.11 Å². The predicted octanol–water partition coefficient (Wildman–Crippen LogP) is 5.83. The Morgan fingerprint density at radius 2 is 2.18 bits per heavy atom. The molecule has 3 aliphatic carbocycles. The van der Waals surface area contributed by atoms with Crippen LogP contribution in [0.4, 0.5) is 0 Å². The fraction of sp³-hybridized carbons (Fsp3) is 0.800. The summed E-state index contributed by atoms with van der Waals surface area (Å²) in [5.74, 6) is 2.98. The summed E-state index contributed by atoms with van der Waals surface area (Å²) >= 11 is 3.61. The summed E-state index contributed by atoms with van der Waals surface area (Å²) < 4.78 is 0. The third-order valence-corrected chi connectivity index (χ3v) is 7.53. The van der Waals surface area contributed by atoms with Gasteiger partial charge in [-0.1, -0.05) is 47.5 Å². The van der Waals surface area contributed by atoms with Gasteiger partial charge in [-0.25, -0.2) is 0 Å². The average Bonchev–Trinajstić information content (AvgIpc) is 2.97. The summed E-state index contributed by atoms with van der Waals surface area (Å²) in [5, 5.41) is 10.1. The molecule has 124 valence electrons. The summed E-state index contributed by atoms with van der Waals surface area (Å²) in [6.45, 7) is 6.96. The topological polar surface area (TPSA) is 20.2 Å². The number of aliphatic hydroxyl groups is 1. The van der Waals surface area contributed by atoms with Crippen LogP contribution in [0.3, 0.4) is 0 Å². The zero-order valence-corrected chi connectivity index (χ0v) is 15.9. The molecule has 0 aliphatic heterocycles. The van der Waals surface area contributed by atoms with E-state index < -0.39 is 5.60 Å². The Morgan fingerprint density at radius 3 is 2.82 bits per heavy atom. The molecular weight excluding hydrogens is 336 g/mol. The van der Waals surface area contributed by atoms with Crippen LogP contribution in [0.5, 0.6) is 0 Å². The molecule has 3 aliphatic rings. The Hall–Kier alpha value is -0.0800. The minimum absolute atomic E-state index is 0.502. The number of fused-ring (bicyclic) bond motifs is 1. The highest BCUT2D eigenvalue weighted by molar-refractivity contribution is 9.11. The number of rotatable bonds is 3. The van der Waals surface area contributed by atoms with Crippen LogP contribution in [0.1, 0.15) is 65.7 Å². The van der Waals surface area contributed by atoms with Crippen molar-refractivity contribution in [1.29, 1.82) is 0 Å². The fourth-order valence-electron chi connectivity index (χ4n) is 5.96. The summed E-state index contributed by atoms with van der Waals surface area (Å²) in [5.41, 5.74) is 1.60. The molecule has 2 saturated carbocycles. The predicted molar refractivity (Wildman–Crippen MR) is 96.8 cm³/mol. The van der Waals surface area contributed by atoms with Crippen molar-refractivity contribution in [2.45, 2.75) is 71.3 Å². The lowest BCUT2D eigenvalue weighted by Crippen LogP contribution is -2.36. The van der Waals surface area contributed by atoms with E-state index >= 15 is 0 Å². The van der Waals surface area contributed by atoms with Gasteiger partial charge in [-0.05, 0) is 85.9 Å². The fourth-order valence-corrected chi connectivity index (χ4v) is 6.51. The quantitative estimate of drug-likeness (QED) is 0.622. The van der Waals surface area contributed by atoms with Crippen molar-refractivity contribution in [3.8, 4) is 0 Å². The van der Waals surface area contributed by atoms with Crippen LogP contribution in [-0.2, 0) is 0 Å². The van der Waals surface area contributed by atoms with Gasteiger partial charge in [0.25, 0.3) is 0 Å². The molecule has 1 nitrogen and oxygen atoms in total. The standard InChI is InChI=1S/C20H31BrO/c1-14(11-15-8-10-19(2,22)12-15)17-6-7-18-16(13-21)5-4-9-20(17,18)3/h8,10,13-15,17-18,22H,4-7,9,11-12H2,1-3H3/t14-,15-,17-,18?,19-,20-/m1/s1. The van der Waals surface area contributed by atoms with Gasteiger partial charge < -0.3 is 5.11 Å². The minimum atomic E-state index is -0.566. The second-order valence-electron chi connectivity index (χ2n) is 8.67. The molecule has 2 fully saturated rings. The maximum atomic E-state index is 10.1. The third-order valence-electron chi connectivity index (χ3n) is 6.94. The number of hydrogen-bond acceptors (Lipinski definition) is 1. The lowest BCUT2D eigenvalue weighted by atomic mass is 9.61. The highest BCUT2D eigenvalue weighted by Crippen LogP contribution is 2.60. The van der Waals surface area contributed by atoms with Crippen molar-refractivity contribution in [2.75, 3.05) is 0 Å². The van der Waals surface area contributed by atoms with E-state index in [-0.39, 0.29) is 0 Å². The Labute approximate surface area is 144 Å². The first-order chi connectivity index (χ1) is 10.4. The van der Waals surface area contributed by atoms with Crippen LogP contribution in [0.15, 0.2) is 22.7 Å². The number of hydrogen-bond donors (Lipinski definition) is 1. The van der Waals surface area contributed by atoms with Crippen LogP contribution in [-0.4, -0.2) is 10.7 Å². The second-order valence-corrected chi connectivity index (χ2v) is 9.13. The second kappa shape index (κ2) is 6.09. The van der Waals surface area contributed by atoms with Crippen molar-refractivity contribution >= 4 is 15.9 Å². The molecule has 0 aromatic rings. The van der Waals surface area contributed by atoms with Gasteiger partial charge >= 0.3 is 0 Å². The number of halogens is 1. The highest BCUT2D eigenvalue weighted by Gasteiger charge is 2.50. The van der Waals surface area contributed by atoms with Gasteiger partial charge in [-0.2, -0.15) is 0 Å². The molecule has 6 atom stereocenters. The van der Waals surface area contributed by atoms with E-state index in [2.05, 4.69) is 40.8 Å². The summed E-state index contributed by atoms with van der Waals surface area (Å²) in [6.07, 6.45) is 13.2. The van der Waals surface area contributed by atoms with Gasteiger partial charge in [-0.3, -0.25) is 0 Å². The Bertz CT molecular complexity index is 478. The monoisotopic (exact) mass is 366 g/mol. The molecule has 0 spiro atoms. The third kappa shape index (κ3) is 2.98. The molecule has 0 radical (unpaired) electrons. The van der Waals surface area contributed by atoms with Gasteiger partial charge in [0.15, 0.2) is 0 Å². The first-order valence-electron chi connectivity index (χ1n) is 9.06. The van der Waals surface area contributed by atoms with Crippen LogP contribution < -0.4 is 0 Å². The molecule has 1 N–H and O–H groups in total. The van der Waals surface area contributed by atoms with Crippen molar-refractivity contribution < 1.29 is 5.11 Å². The zero-order valence-electron chi connectivity index (χ0n) is 14.3. The summed E-state index contributed by atoms with van der Waals surface area (Å²) in [4.78, 5) is 2.22. The van der Waals surface area contributed by atoms with Crippen molar-refractivity contribution in [3.05, 3.63) is 22.7 Å². The molecule has 0 aromatic carbocycles. The van der Waals surface area contributed by atoms with Gasteiger partial charge in [-0.15, -0.1) is 0 Å². The highest BCUT2D eigenvalue weighted by atomic mass is 79.9. The van der Waals surface area contributed by atoms with E-state index in [1.54, 1.807) is 5.57 Å². The lowest BCUT2D eigenvalue weighted by Gasteiger charge is -2.44. The Morgan fingerprint density at radius 1 is 1.41 bits per heavy atom. The van der Waals surface area contributed by atoms with Gasteiger partial charge in [0.05, 0.1) is 5.60 Å². The average molecular weight is 367 g/mol. The normalized spacial score (nSPS) is 47.9. The van der Waals surface area contributed by atoms with E-state index in [1.807, 2.05) is 13.0 Å². The SMILES string of the molecule is C[C@H](C[C@H]1C=C[C@@](C)(O)C1)[C@H]1CCC2C(=CBr)CCC[C@@]21C. The maximum absolute atomic E-state index is 10.1. The molecular formula is C20H31BrO. The first kappa shape index (κ1) is 16.8. The Balaban J connectivity index is 1.69. The summed E-state index contributed by atoms with van der Waals surface area (Å²) in [6, 6.07) is 0. The molecule has 2 heteroatoms. The molecule has 1 unspecified atom stereocenters. The molecule has 0 aromatic heterocycles. The van der Waals surface area contributed by atoms with Crippen molar-refractivity contribution in [2.24, 2.45) is 29.1 Å². The van der Waals surface area contributed by atoms with E-state index in [4.69, 9.17) is 0 Å². The number of allylic oxidation sites excluding steroid dienone is 2. The van der Waals surface area contributed by atoms with Gasteiger partial charge in [0.1, 0.15) is 0 Å². The molecule has 22 heavy (non-hydrogen) atoms. The molecule has 0 saturated heterocycles. The van der Waals surface area contributed by atoms with E-state index in [0.29, 0.717) is 11.3 Å². The summed E-state index contributed by atoms with van der Waals surface area (Å²) in [7, 11) is 0. The lowest BCUT2D eigenvalue weighted by molar-refractivity contribution is 0.0756. The molecule has 0 amide bonds. The van der Waals surface area contributed by atoms with Gasteiger partial charge in [0.2, 0.25) is 0 Å². The first-order valence-corrected chi connectivity index (χ1v) is 9.98. The smallest absolute Gasteiger partial charge is 0.0805 e. The Kier molecular flexibility index (Phi) is 4.64. The van der Waals surface area contributed by atoms with Crippen LogP contribution in [0.25, 0.3) is 0 Å². The van der Waals surface area contributed by atoms with Crippen molar-refractivity contribution in [1.82, 2.24) is 0 Å². The largest absolute Gasteiger partial charge is 0.386 e. The van der Waals surface area contributed by atoms with E-state index in [0.717, 1.165) is 24.2 Å². The van der Waals surface area contributed by atoms with Crippen LogP contribution >= 0.6 is 15.9 Å². The van der Waals surface area contributed by atoms with Gasteiger partial charge in [0, 0.05) is 0 Å². The van der Waals surface area contributed by atoms with E-state index in [1.165, 1.54) is 38.5 Å². The van der Waals surface area contributed by atoms with Crippen molar-refractivity contribution in [3.63, 3.8) is 0 Å². The van der Waals surface area contributed by atoms with Crippen LogP contribution in [0.2, 0.25) is 0 Å².